The maximum absolute atomic E-state index is 6.67. The van der Waals surface area contributed by atoms with E-state index in [0.717, 1.165) is 21.4 Å². The molecule has 0 bridgehead atoms. The van der Waals surface area contributed by atoms with Crippen molar-refractivity contribution in [3.8, 4) is 11.1 Å². The lowest BCUT2D eigenvalue weighted by Gasteiger charge is -2.22. The van der Waals surface area contributed by atoms with E-state index < -0.39 is 16.6 Å². The van der Waals surface area contributed by atoms with Crippen molar-refractivity contribution in [2.24, 2.45) is 0 Å². The first kappa shape index (κ1) is 18.1. The fourth-order valence-electron chi connectivity index (χ4n) is 4.62. The van der Waals surface area contributed by atoms with Crippen LogP contribution in [-0.4, -0.2) is 21.6 Å². The van der Waals surface area contributed by atoms with Crippen molar-refractivity contribution in [1.29, 1.82) is 0 Å². The number of pyridine rings is 1. The third-order valence-electron chi connectivity index (χ3n) is 5.74. The van der Waals surface area contributed by atoms with Crippen molar-refractivity contribution in [2.75, 3.05) is 0 Å². The molecule has 0 spiro atoms. The lowest BCUT2D eigenvalue weighted by Crippen LogP contribution is -2.44. The first-order valence-corrected chi connectivity index (χ1v) is 15.8. The minimum absolute atomic E-state index is 0.735. The summed E-state index contributed by atoms with van der Waals surface area (Å²) in [5.74, 6) is 0. The van der Waals surface area contributed by atoms with Gasteiger partial charge in [0.1, 0.15) is 0 Å². The van der Waals surface area contributed by atoms with Gasteiger partial charge in [-0.25, -0.2) is 4.98 Å². The van der Waals surface area contributed by atoms with Gasteiger partial charge in [0.2, 0.25) is 16.6 Å². The Morgan fingerprint density at radius 3 is 2.11 bits per heavy atom. The van der Waals surface area contributed by atoms with Crippen LogP contribution in [0.4, 0.5) is 0 Å². The van der Waals surface area contributed by atoms with Crippen LogP contribution in [0.2, 0.25) is 31.2 Å². The summed E-state index contributed by atoms with van der Waals surface area (Å²) in [6, 6.07) is 21.2. The standard InChI is InChI=1S/C23H22ClNOSi2/c1-27(2)21-13-18-20(14-22(21)28(3,4)26-27)25-19-11-10-16(24)12-17(19)23(18)15-8-6-5-7-9-15/h5-14H,1-4H3. The van der Waals surface area contributed by atoms with Crippen molar-refractivity contribution >= 4 is 60.4 Å². The fraction of sp³-hybridized carbons (Fsp3) is 0.174. The van der Waals surface area contributed by atoms with E-state index in [2.05, 4.69) is 68.7 Å². The summed E-state index contributed by atoms with van der Waals surface area (Å²) in [6.45, 7) is 9.23. The van der Waals surface area contributed by atoms with Crippen LogP contribution in [0.5, 0.6) is 0 Å². The molecule has 140 valence electrons. The van der Waals surface area contributed by atoms with Crippen molar-refractivity contribution in [3.05, 3.63) is 65.7 Å². The summed E-state index contributed by atoms with van der Waals surface area (Å²) in [7, 11) is -3.79. The number of benzene rings is 3. The molecule has 4 aromatic rings. The highest BCUT2D eigenvalue weighted by atomic mass is 35.5. The Labute approximate surface area is 172 Å². The van der Waals surface area contributed by atoms with Crippen molar-refractivity contribution in [3.63, 3.8) is 0 Å². The smallest absolute Gasteiger partial charge is 0.206 e. The van der Waals surface area contributed by atoms with Gasteiger partial charge in [-0.2, -0.15) is 0 Å². The lowest BCUT2D eigenvalue weighted by atomic mass is 9.96. The molecule has 0 atom stereocenters. The predicted molar refractivity (Wildman–Crippen MR) is 125 cm³/mol. The number of fused-ring (bicyclic) bond motifs is 3. The molecule has 0 fully saturated rings. The maximum atomic E-state index is 6.67. The quantitative estimate of drug-likeness (QED) is 0.297. The third kappa shape index (κ3) is 2.67. The number of aromatic nitrogens is 1. The molecule has 0 amide bonds. The Morgan fingerprint density at radius 2 is 1.39 bits per heavy atom. The molecule has 1 aromatic heterocycles. The third-order valence-corrected chi connectivity index (χ3v) is 13.7. The van der Waals surface area contributed by atoms with Crippen LogP contribution in [0.25, 0.3) is 32.9 Å². The highest BCUT2D eigenvalue weighted by molar-refractivity contribution is 7.06. The van der Waals surface area contributed by atoms with Gasteiger partial charge in [-0.05, 0) is 66.4 Å². The topological polar surface area (TPSA) is 22.1 Å². The van der Waals surface area contributed by atoms with Gasteiger partial charge in [-0.15, -0.1) is 0 Å². The van der Waals surface area contributed by atoms with Gasteiger partial charge >= 0.3 is 0 Å². The summed E-state index contributed by atoms with van der Waals surface area (Å²) >= 11 is 6.37. The minimum Gasteiger partial charge on any atom is -0.449 e. The van der Waals surface area contributed by atoms with Crippen LogP contribution in [0, 0.1) is 0 Å². The molecule has 0 aliphatic carbocycles. The van der Waals surface area contributed by atoms with Gasteiger partial charge in [-0.3, -0.25) is 0 Å². The fourth-order valence-corrected chi connectivity index (χ4v) is 15.0. The zero-order valence-corrected chi connectivity index (χ0v) is 19.3. The van der Waals surface area contributed by atoms with Crippen molar-refractivity contribution in [1.82, 2.24) is 4.98 Å². The molecule has 1 aliphatic rings. The molecule has 0 N–H and O–H groups in total. The molecule has 0 saturated carbocycles. The number of hydrogen-bond donors (Lipinski definition) is 0. The second-order valence-electron chi connectivity index (χ2n) is 8.55. The van der Waals surface area contributed by atoms with Crippen LogP contribution in [0.15, 0.2) is 60.7 Å². The Morgan fingerprint density at radius 1 is 0.750 bits per heavy atom. The molecule has 0 unspecified atom stereocenters. The van der Waals surface area contributed by atoms with Gasteiger partial charge in [0.05, 0.1) is 11.0 Å². The molecule has 0 saturated heterocycles. The van der Waals surface area contributed by atoms with E-state index in [-0.39, 0.29) is 0 Å². The summed E-state index contributed by atoms with van der Waals surface area (Å²) < 4.78 is 6.67. The van der Waals surface area contributed by atoms with Crippen molar-refractivity contribution in [2.45, 2.75) is 26.2 Å². The highest BCUT2D eigenvalue weighted by Crippen LogP contribution is 2.36. The van der Waals surface area contributed by atoms with Crippen LogP contribution in [-0.2, 0) is 4.12 Å². The Bertz CT molecular complexity index is 1250. The van der Waals surface area contributed by atoms with Crippen LogP contribution in [0.1, 0.15) is 0 Å². The summed E-state index contributed by atoms with van der Waals surface area (Å²) in [5, 5.41) is 5.86. The second-order valence-corrected chi connectivity index (χ2v) is 16.9. The van der Waals surface area contributed by atoms with Crippen molar-refractivity contribution < 1.29 is 4.12 Å². The Kier molecular flexibility index (Phi) is 3.87. The van der Waals surface area contributed by atoms with E-state index in [0.29, 0.717) is 0 Å². The normalized spacial score (nSPS) is 17.2. The zero-order chi connectivity index (χ0) is 19.7. The van der Waals surface area contributed by atoms with E-state index in [1.165, 1.54) is 26.9 Å². The van der Waals surface area contributed by atoms with Crippen LogP contribution < -0.4 is 10.4 Å². The molecule has 2 heterocycles. The summed E-state index contributed by atoms with van der Waals surface area (Å²) in [5.41, 5.74) is 4.42. The highest BCUT2D eigenvalue weighted by Gasteiger charge is 2.46. The minimum atomic E-state index is -1.91. The molecular weight excluding hydrogens is 398 g/mol. The average molecular weight is 420 g/mol. The molecule has 28 heavy (non-hydrogen) atoms. The van der Waals surface area contributed by atoms with Gasteiger partial charge in [-0.1, -0.05) is 48.0 Å². The van der Waals surface area contributed by atoms with Gasteiger partial charge in [0.15, 0.2) is 0 Å². The molecular formula is C23H22ClNOSi2. The van der Waals surface area contributed by atoms with Gasteiger partial charge in [0.25, 0.3) is 0 Å². The second kappa shape index (κ2) is 6.00. The molecule has 5 rings (SSSR count). The average Bonchev–Trinajstić information content (AvgIpc) is 2.83. The zero-order valence-electron chi connectivity index (χ0n) is 16.5. The number of nitrogens with zero attached hydrogens (tertiary/aromatic N) is 1. The van der Waals surface area contributed by atoms with Crippen LogP contribution in [0.3, 0.4) is 0 Å². The monoisotopic (exact) mass is 419 g/mol. The number of rotatable bonds is 1. The predicted octanol–water partition coefficient (Wildman–Crippen LogP) is 5.56. The van der Waals surface area contributed by atoms with E-state index in [9.17, 15) is 0 Å². The Hall–Kier alpha value is -1.99. The summed E-state index contributed by atoms with van der Waals surface area (Å²) in [6.07, 6.45) is 0. The summed E-state index contributed by atoms with van der Waals surface area (Å²) in [4.78, 5) is 5.02. The largest absolute Gasteiger partial charge is 0.449 e. The van der Waals surface area contributed by atoms with E-state index >= 15 is 0 Å². The number of halogens is 1. The molecule has 3 aromatic carbocycles. The molecule has 1 aliphatic heterocycles. The van der Waals surface area contributed by atoms with Crippen LogP contribution >= 0.6 is 11.6 Å². The SMILES string of the molecule is C[Si]1(C)O[Si](C)(C)c2cc3c(-c4ccccc4)c4cc(Cl)ccc4nc3cc21. The van der Waals surface area contributed by atoms with Gasteiger partial charge < -0.3 is 4.12 Å². The lowest BCUT2D eigenvalue weighted by molar-refractivity contribution is 0.583. The molecule has 2 nitrogen and oxygen atoms in total. The molecule has 0 radical (unpaired) electrons. The van der Waals surface area contributed by atoms with E-state index in [1.54, 1.807) is 0 Å². The Balaban J connectivity index is 1.97. The number of hydrogen-bond acceptors (Lipinski definition) is 2. The first-order valence-electron chi connectivity index (χ1n) is 9.60. The van der Waals surface area contributed by atoms with Gasteiger partial charge in [0, 0.05) is 21.4 Å². The van der Waals surface area contributed by atoms with E-state index in [4.69, 9.17) is 20.7 Å². The maximum Gasteiger partial charge on any atom is 0.206 e. The first-order chi connectivity index (χ1) is 13.3. The van der Waals surface area contributed by atoms with E-state index in [1.807, 2.05) is 18.2 Å². The molecule has 5 heteroatoms.